The van der Waals surface area contributed by atoms with Crippen molar-refractivity contribution in [3.63, 3.8) is 0 Å². The molecule has 1 N–H and O–H groups in total. The molecule has 2 fully saturated rings. The summed E-state index contributed by atoms with van der Waals surface area (Å²) in [6, 6.07) is 10.4. The number of aryl methyl sites for hydroxylation is 1. The second-order valence-electron chi connectivity index (χ2n) is 13.3. The zero-order valence-corrected chi connectivity index (χ0v) is 28.2. The first-order valence-electron chi connectivity index (χ1n) is 17.1. The Morgan fingerprint density at radius 3 is 2.49 bits per heavy atom. The van der Waals surface area contributed by atoms with Crippen LogP contribution >= 0.6 is 0 Å². The summed E-state index contributed by atoms with van der Waals surface area (Å²) in [5.74, 6) is 1.98. The van der Waals surface area contributed by atoms with Crippen LogP contribution in [0.2, 0.25) is 0 Å². The number of nitrogens with zero attached hydrogens (tertiary/aromatic N) is 4. The highest BCUT2D eigenvalue weighted by molar-refractivity contribution is 5.94. The van der Waals surface area contributed by atoms with Crippen molar-refractivity contribution in [2.45, 2.75) is 90.5 Å². The van der Waals surface area contributed by atoms with Gasteiger partial charge in [-0.05, 0) is 99.1 Å². The summed E-state index contributed by atoms with van der Waals surface area (Å²) in [5.41, 5.74) is 4.40. The quantitative estimate of drug-likeness (QED) is 0.228. The maximum absolute atomic E-state index is 14.1. The van der Waals surface area contributed by atoms with Gasteiger partial charge in [-0.1, -0.05) is 31.4 Å². The second kappa shape index (κ2) is 16.1. The Morgan fingerprint density at radius 2 is 1.79 bits per heavy atom. The third-order valence-electron chi connectivity index (χ3n) is 9.81. The SMILES string of the molecule is COc1ccc(C2CCC(CN(C(=O)C3CCCCC3)c3cc(-c4cnn(C(C)CNC(=O)COC(C)=O)c4)ccn3)CC2)cc1C. The van der Waals surface area contributed by atoms with Gasteiger partial charge in [-0.2, -0.15) is 5.10 Å². The molecule has 10 nitrogen and oxygen atoms in total. The Hall–Kier alpha value is -4.21. The van der Waals surface area contributed by atoms with Crippen LogP contribution < -0.4 is 15.0 Å². The molecule has 0 radical (unpaired) electrons. The van der Waals surface area contributed by atoms with Gasteiger partial charge in [0.1, 0.15) is 11.6 Å². The number of benzene rings is 1. The molecule has 1 atom stereocenters. The van der Waals surface area contributed by atoms with Crippen molar-refractivity contribution in [3.05, 3.63) is 60.0 Å². The van der Waals surface area contributed by atoms with Gasteiger partial charge in [0.25, 0.3) is 5.91 Å². The number of anilines is 1. The van der Waals surface area contributed by atoms with Gasteiger partial charge < -0.3 is 14.8 Å². The highest BCUT2D eigenvalue weighted by Gasteiger charge is 2.31. The highest BCUT2D eigenvalue weighted by Crippen LogP contribution is 2.38. The van der Waals surface area contributed by atoms with Crippen molar-refractivity contribution < 1.29 is 23.9 Å². The lowest BCUT2D eigenvalue weighted by atomic mass is 9.78. The van der Waals surface area contributed by atoms with Gasteiger partial charge in [0, 0.05) is 43.9 Å². The minimum absolute atomic E-state index is 0.0486. The molecule has 1 aromatic carbocycles. The summed E-state index contributed by atoms with van der Waals surface area (Å²) in [5, 5.41) is 7.31. The van der Waals surface area contributed by atoms with E-state index in [2.05, 4.69) is 35.5 Å². The molecular formula is C37H49N5O5. The minimum atomic E-state index is -0.493. The first-order valence-corrected chi connectivity index (χ1v) is 17.1. The van der Waals surface area contributed by atoms with Crippen LogP contribution in [0.15, 0.2) is 48.9 Å². The number of carbonyl (C=O) groups is 3. The van der Waals surface area contributed by atoms with E-state index in [9.17, 15) is 14.4 Å². The van der Waals surface area contributed by atoms with Gasteiger partial charge in [0.15, 0.2) is 6.61 Å². The van der Waals surface area contributed by atoms with Crippen molar-refractivity contribution in [1.82, 2.24) is 20.1 Å². The van der Waals surface area contributed by atoms with Gasteiger partial charge in [0.05, 0.1) is 19.3 Å². The lowest BCUT2D eigenvalue weighted by Crippen LogP contribution is -2.41. The van der Waals surface area contributed by atoms with E-state index < -0.39 is 5.97 Å². The summed E-state index contributed by atoms with van der Waals surface area (Å²) in [4.78, 5) is 43.8. The molecule has 10 heteroatoms. The van der Waals surface area contributed by atoms with Crippen molar-refractivity contribution in [2.75, 3.05) is 31.7 Å². The smallest absolute Gasteiger partial charge is 0.303 e. The average Bonchev–Trinajstić information content (AvgIpc) is 3.60. The molecule has 47 heavy (non-hydrogen) atoms. The van der Waals surface area contributed by atoms with Crippen LogP contribution in [0.1, 0.15) is 94.7 Å². The van der Waals surface area contributed by atoms with E-state index in [1.165, 1.54) is 24.5 Å². The van der Waals surface area contributed by atoms with E-state index in [0.717, 1.165) is 68.2 Å². The zero-order chi connectivity index (χ0) is 33.3. The molecule has 1 unspecified atom stereocenters. The molecule has 5 rings (SSSR count). The number of hydrogen-bond donors (Lipinski definition) is 1. The van der Waals surface area contributed by atoms with Crippen molar-refractivity contribution >= 4 is 23.6 Å². The standard InChI is InChI=1S/C37H49N5O5/c1-25-18-31(14-15-34(25)46-4)29-12-10-28(11-13-29)22-41(37(45)30-8-6-5-7-9-30)35-19-32(16-17-38-35)33-21-40-42(23-33)26(2)20-39-36(44)24-47-27(3)43/h14-19,21,23,26,28-30H,5-13,20,22,24H2,1-4H3,(H,39,44). The molecule has 2 aliphatic rings. The fourth-order valence-electron chi connectivity index (χ4n) is 7.01. The molecule has 0 saturated heterocycles. The van der Waals surface area contributed by atoms with Crippen LogP contribution in [0, 0.1) is 18.8 Å². The summed E-state index contributed by atoms with van der Waals surface area (Å²) >= 11 is 0. The predicted molar refractivity (Wildman–Crippen MR) is 181 cm³/mol. The fraction of sp³-hybridized carbons (Fsp3) is 0.541. The Bertz CT molecular complexity index is 1520. The first kappa shape index (κ1) is 34.1. The van der Waals surface area contributed by atoms with E-state index in [0.29, 0.717) is 30.7 Å². The molecule has 0 bridgehead atoms. The zero-order valence-electron chi connectivity index (χ0n) is 28.2. The van der Waals surface area contributed by atoms with Crippen LogP contribution in [-0.4, -0.2) is 59.4 Å². The largest absolute Gasteiger partial charge is 0.496 e. The Kier molecular flexibility index (Phi) is 11.7. The molecule has 2 aliphatic carbocycles. The second-order valence-corrected chi connectivity index (χ2v) is 13.3. The number of hydrogen-bond acceptors (Lipinski definition) is 7. The normalized spacial score (nSPS) is 19.1. The Morgan fingerprint density at radius 1 is 1.02 bits per heavy atom. The van der Waals surface area contributed by atoms with Gasteiger partial charge in [-0.3, -0.25) is 24.0 Å². The summed E-state index contributed by atoms with van der Waals surface area (Å²) in [7, 11) is 1.72. The van der Waals surface area contributed by atoms with Gasteiger partial charge in [-0.15, -0.1) is 0 Å². The number of ether oxygens (including phenoxy) is 2. The lowest BCUT2D eigenvalue weighted by Gasteiger charge is -2.35. The predicted octanol–water partition coefficient (Wildman–Crippen LogP) is 6.39. The maximum Gasteiger partial charge on any atom is 0.303 e. The van der Waals surface area contributed by atoms with Crippen molar-refractivity contribution in [2.24, 2.45) is 11.8 Å². The number of esters is 1. The van der Waals surface area contributed by atoms with E-state index in [4.69, 9.17) is 14.5 Å². The third kappa shape index (κ3) is 8.99. The first-order chi connectivity index (χ1) is 22.7. The fourth-order valence-corrected chi connectivity index (χ4v) is 7.01. The Balaban J connectivity index is 1.27. The van der Waals surface area contributed by atoms with Crippen molar-refractivity contribution in [3.8, 4) is 16.9 Å². The Labute approximate surface area is 278 Å². The molecular weight excluding hydrogens is 594 g/mol. The van der Waals surface area contributed by atoms with Crippen LogP contribution in [0.5, 0.6) is 5.75 Å². The molecule has 0 spiro atoms. The van der Waals surface area contributed by atoms with Gasteiger partial charge in [0.2, 0.25) is 5.91 Å². The summed E-state index contributed by atoms with van der Waals surface area (Å²) in [6.45, 7) is 6.05. The molecule has 2 amide bonds. The number of carbonyl (C=O) groups excluding carboxylic acids is 3. The number of pyridine rings is 1. The number of amides is 2. The monoisotopic (exact) mass is 643 g/mol. The lowest BCUT2D eigenvalue weighted by molar-refractivity contribution is -0.146. The number of nitrogens with one attached hydrogen (secondary N) is 1. The van der Waals surface area contributed by atoms with Crippen LogP contribution in [-0.2, 0) is 19.1 Å². The highest BCUT2D eigenvalue weighted by atomic mass is 16.5. The summed E-state index contributed by atoms with van der Waals surface area (Å²) in [6.07, 6.45) is 15.2. The molecule has 2 saturated carbocycles. The van der Waals surface area contributed by atoms with E-state index in [-0.39, 0.29) is 30.4 Å². The molecule has 3 aromatic rings. The van der Waals surface area contributed by atoms with E-state index in [1.807, 2.05) is 30.2 Å². The van der Waals surface area contributed by atoms with Gasteiger partial charge >= 0.3 is 5.97 Å². The third-order valence-corrected chi connectivity index (χ3v) is 9.81. The number of rotatable bonds is 12. The van der Waals surface area contributed by atoms with Gasteiger partial charge in [-0.25, -0.2) is 4.98 Å². The minimum Gasteiger partial charge on any atom is -0.496 e. The number of aromatic nitrogens is 3. The summed E-state index contributed by atoms with van der Waals surface area (Å²) < 4.78 is 12.0. The van der Waals surface area contributed by atoms with E-state index in [1.54, 1.807) is 24.2 Å². The van der Waals surface area contributed by atoms with Crippen LogP contribution in [0.4, 0.5) is 5.82 Å². The van der Waals surface area contributed by atoms with Crippen molar-refractivity contribution in [1.29, 1.82) is 0 Å². The van der Waals surface area contributed by atoms with Crippen LogP contribution in [0.3, 0.4) is 0 Å². The molecule has 2 heterocycles. The van der Waals surface area contributed by atoms with Crippen LogP contribution in [0.25, 0.3) is 11.1 Å². The average molecular weight is 644 g/mol. The molecule has 2 aromatic heterocycles. The molecule has 252 valence electrons. The molecule has 0 aliphatic heterocycles. The topological polar surface area (TPSA) is 116 Å². The number of methoxy groups -OCH3 is 1. The maximum atomic E-state index is 14.1. The van der Waals surface area contributed by atoms with E-state index >= 15 is 0 Å².